The van der Waals surface area contributed by atoms with Gasteiger partial charge < -0.3 is 5.73 Å². The Hall–Kier alpha value is -0.900. The molecule has 0 aliphatic heterocycles. The summed E-state index contributed by atoms with van der Waals surface area (Å²) >= 11 is 7.67. The largest absolute Gasteiger partial charge is 0.330 e. The summed E-state index contributed by atoms with van der Waals surface area (Å²) < 4.78 is 0. The van der Waals surface area contributed by atoms with Gasteiger partial charge in [0.1, 0.15) is 0 Å². The van der Waals surface area contributed by atoms with Gasteiger partial charge in [-0.25, -0.2) is 4.98 Å². The highest BCUT2D eigenvalue weighted by Gasteiger charge is 2.13. The van der Waals surface area contributed by atoms with E-state index in [0.717, 1.165) is 22.1 Å². The molecular weight excluding hydrogens is 264 g/mol. The van der Waals surface area contributed by atoms with E-state index in [9.17, 15) is 0 Å². The molecule has 96 valence electrons. The average molecular weight is 281 g/mol. The molecular formula is C14H17ClN2S. The van der Waals surface area contributed by atoms with Crippen LogP contribution >= 0.6 is 22.9 Å². The Morgan fingerprint density at radius 2 is 1.94 bits per heavy atom. The molecule has 0 bridgehead atoms. The van der Waals surface area contributed by atoms with Crippen LogP contribution in [0.25, 0.3) is 0 Å². The van der Waals surface area contributed by atoms with E-state index in [0.29, 0.717) is 12.5 Å². The Balaban J connectivity index is 2.16. The van der Waals surface area contributed by atoms with Crippen LogP contribution in [0.15, 0.2) is 24.3 Å². The lowest BCUT2D eigenvalue weighted by Gasteiger charge is -2.13. The second kappa shape index (κ2) is 5.83. The minimum atomic E-state index is 0.312. The Morgan fingerprint density at radius 1 is 1.28 bits per heavy atom. The number of rotatable bonds is 4. The van der Waals surface area contributed by atoms with Gasteiger partial charge in [0.25, 0.3) is 0 Å². The van der Waals surface area contributed by atoms with Crippen LogP contribution in [0.2, 0.25) is 5.02 Å². The molecule has 1 heterocycles. The topological polar surface area (TPSA) is 38.9 Å². The van der Waals surface area contributed by atoms with Crippen molar-refractivity contribution in [1.29, 1.82) is 0 Å². The lowest BCUT2D eigenvalue weighted by Crippen LogP contribution is -2.14. The highest BCUT2D eigenvalue weighted by atomic mass is 35.5. The van der Waals surface area contributed by atoms with Gasteiger partial charge in [-0.1, -0.05) is 23.7 Å². The maximum atomic E-state index is 5.90. The summed E-state index contributed by atoms with van der Waals surface area (Å²) in [6.07, 6.45) is 0.900. The summed E-state index contributed by atoms with van der Waals surface area (Å²) in [5.41, 5.74) is 8.24. The minimum absolute atomic E-state index is 0.312. The molecule has 2 aromatic rings. The molecule has 0 saturated carbocycles. The number of nitrogens with zero attached hydrogens (tertiary/aromatic N) is 1. The molecule has 1 aromatic heterocycles. The van der Waals surface area contributed by atoms with Crippen LogP contribution in [0.5, 0.6) is 0 Å². The molecule has 0 spiro atoms. The van der Waals surface area contributed by atoms with Gasteiger partial charge in [-0.2, -0.15) is 0 Å². The van der Waals surface area contributed by atoms with E-state index >= 15 is 0 Å². The summed E-state index contributed by atoms with van der Waals surface area (Å²) in [5.74, 6) is 0.312. The zero-order chi connectivity index (χ0) is 13.1. The second-order valence-corrected chi connectivity index (χ2v) is 6.16. The molecule has 0 aliphatic rings. The fourth-order valence-electron chi connectivity index (χ4n) is 1.91. The number of nitrogens with two attached hydrogens (primary N) is 1. The van der Waals surface area contributed by atoms with Gasteiger partial charge in [0.2, 0.25) is 0 Å². The van der Waals surface area contributed by atoms with Gasteiger partial charge in [-0.05, 0) is 38.1 Å². The first-order valence-electron chi connectivity index (χ1n) is 5.98. The van der Waals surface area contributed by atoms with E-state index in [4.69, 9.17) is 17.3 Å². The van der Waals surface area contributed by atoms with Crippen LogP contribution in [0.4, 0.5) is 0 Å². The smallest absolute Gasteiger partial charge is 0.0937 e. The van der Waals surface area contributed by atoms with Crippen LogP contribution in [-0.2, 0) is 6.42 Å². The van der Waals surface area contributed by atoms with Crippen molar-refractivity contribution in [1.82, 2.24) is 4.98 Å². The van der Waals surface area contributed by atoms with E-state index in [2.05, 4.69) is 18.8 Å². The number of aromatic nitrogens is 1. The lowest BCUT2D eigenvalue weighted by atomic mass is 9.96. The highest BCUT2D eigenvalue weighted by molar-refractivity contribution is 7.11. The van der Waals surface area contributed by atoms with Gasteiger partial charge in [-0.3, -0.25) is 0 Å². The first-order valence-corrected chi connectivity index (χ1v) is 7.18. The SMILES string of the molecule is Cc1nc(CC(CN)c2ccc(Cl)cc2)sc1C. The second-order valence-electron chi connectivity index (χ2n) is 4.44. The summed E-state index contributed by atoms with van der Waals surface area (Å²) in [6.45, 7) is 4.78. The van der Waals surface area contributed by atoms with Crippen molar-refractivity contribution in [2.45, 2.75) is 26.2 Å². The Kier molecular flexibility index (Phi) is 4.38. The molecule has 0 fully saturated rings. The first-order chi connectivity index (χ1) is 8.60. The van der Waals surface area contributed by atoms with Gasteiger partial charge in [0, 0.05) is 22.2 Å². The third-order valence-corrected chi connectivity index (χ3v) is 4.47. The standard InChI is InChI=1S/C14H17ClN2S/c1-9-10(2)18-14(17-9)7-12(8-16)11-3-5-13(15)6-4-11/h3-6,12H,7-8,16H2,1-2H3. The van der Waals surface area contributed by atoms with Gasteiger partial charge in [-0.15, -0.1) is 11.3 Å². The Labute approximate surface area is 117 Å². The predicted octanol–water partition coefficient (Wildman–Crippen LogP) is 3.70. The van der Waals surface area contributed by atoms with Crippen LogP contribution < -0.4 is 5.73 Å². The minimum Gasteiger partial charge on any atom is -0.330 e. The number of hydrogen-bond acceptors (Lipinski definition) is 3. The number of benzene rings is 1. The molecule has 0 saturated heterocycles. The molecule has 2 rings (SSSR count). The van der Waals surface area contributed by atoms with Crippen LogP contribution in [-0.4, -0.2) is 11.5 Å². The third-order valence-electron chi connectivity index (χ3n) is 3.12. The zero-order valence-electron chi connectivity index (χ0n) is 10.6. The predicted molar refractivity (Wildman–Crippen MR) is 78.5 cm³/mol. The number of halogens is 1. The van der Waals surface area contributed by atoms with E-state index in [1.807, 2.05) is 24.3 Å². The molecule has 4 heteroatoms. The molecule has 1 aromatic carbocycles. The number of aryl methyl sites for hydroxylation is 2. The quantitative estimate of drug-likeness (QED) is 0.927. The van der Waals surface area contributed by atoms with Crippen molar-refractivity contribution < 1.29 is 0 Å². The molecule has 0 radical (unpaired) electrons. The molecule has 2 nitrogen and oxygen atoms in total. The summed E-state index contributed by atoms with van der Waals surface area (Å²) in [7, 11) is 0. The number of thiazole rings is 1. The van der Waals surface area contributed by atoms with Crippen molar-refractivity contribution in [2.24, 2.45) is 5.73 Å². The fraction of sp³-hybridized carbons (Fsp3) is 0.357. The lowest BCUT2D eigenvalue weighted by molar-refractivity contribution is 0.690. The molecule has 0 aliphatic carbocycles. The molecule has 1 unspecified atom stereocenters. The normalized spacial score (nSPS) is 12.7. The van der Waals surface area contributed by atoms with Crippen LogP contribution in [0.1, 0.15) is 27.1 Å². The first kappa shape index (κ1) is 13.5. The van der Waals surface area contributed by atoms with Crippen molar-refractivity contribution in [3.63, 3.8) is 0 Å². The third kappa shape index (κ3) is 3.10. The monoisotopic (exact) mass is 280 g/mol. The van der Waals surface area contributed by atoms with Gasteiger partial charge >= 0.3 is 0 Å². The molecule has 2 N–H and O–H groups in total. The van der Waals surface area contributed by atoms with E-state index < -0.39 is 0 Å². The van der Waals surface area contributed by atoms with Crippen molar-refractivity contribution in [3.05, 3.63) is 50.4 Å². The molecule has 0 amide bonds. The maximum Gasteiger partial charge on any atom is 0.0937 e. The van der Waals surface area contributed by atoms with Crippen molar-refractivity contribution in [2.75, 3.05) is 6.54 Å². The average Bonchev–Trinajstić information content (AvgIpc) is 2.67. The van der Waals surface area contributed by atoms with E-state index in [1.54, 1.807) is 11.3 Å². The van der Waals surface area contributed by atoms with Gasteiger partial charge in [0.05, 0.1) is 10.7 Å². The van der Waals surface area contributed by atoms with E-state index in [-0.39, 0.29) is 0 Å². The van der Waals surface area contributed by atoms with Crippen LogP contribution in [0, 0.1) is 13.8 Å². The summed E-state index contributed by atoms with van der Waals surface area (Å²) in [5, 5.41) is 1.92. The molecule has 18 heavy (non-hydrogen) atoms. The van der Waals surface area contributed by atoms with E-state index in [1.165, 1.54) is 10.4 Å². The van der Waals surface area contributed by atoms with Gasteiger partial charge in [0.15, 0.2) is 0 Å². The maximum absolute atomic E-state index is 5.90. The highest BCUT2D eigenvalue weighted by Crippen LogP contribution is 2.25. The fourth-order valence-corrected chi connectivity index (χ4v) is 3.05. The molecule has 1 atom stereocenters. The van der Waals surface area contributed by atoms with Crippen LogP contribution in [0.3, 0.4) is 0 Å². The summed E-state index contributed by atoms with van der Waals surface area (Å²) in [4.78, 5) is 5.87. The Bertz CT molecular complexity index is 500. The van der Waals surface area contributed by atoms with Crippen molar-refractivity contribution >= 4 is 22.9 Å². The Morgan fingerprint density at radius 3 is 2.44 bits per heavy atom. The zero-order valence-corrected chi connectivity index (χ0v) is 12.2. The number of hydrogen-bond donors (Lipinski definition) is 1. The van der Waals surface area contributed by atoms with Crippen molar-refractivity contribution in [3.8, 4) is 0 Å². The summed E-state index contributed by atoms with van der Waals surface area (Å²) in [6, 6.07) is 7.93.